The number of methoxy groups -OCH3 is 1. The summed E-state index contributed by atoms with van der Waals surface area (Å²) in [5.74, 6) is 7.31. The van der Waals surface area contributed by atoms with Gasteiger partial charge < -0.3 is 15.2 Å². The average molecular weight is 346 g/mol. The van der Waals surface area contributed by atoms with Crippen LogP contribution in [0.5, 0.6) is 11.5 Å². The molecule has 0 amide bonds. The summed E-state index contributed by atoms with van der Waals surface area (Å²) < 4.78 is 11.8. The molecule has 0 aromatic heterocycles. The highest BCUT2D eigenvalue weighted by molar-refractivity contribution is 9.10. The molecular formula is C17H16BrNO2. The van der Waals surface area contributed by atoms with Gasteiger partial charge in [0.05, 0.1) is 11.6 Å². The quantitative estimate of drug-likeness (QED) is 0.864. The summed E-state index contributed by atoms with van der Waals surface area (Å²) in [6.45, 7) is 0.731. The van der Waals surface area contributed by atoms with Gasteiger partial charge >= 0.3 is 0 Å². The predicted molar refractivity (Wildman–Crippen MR) is 87.4 cm³/mol. The normalized spacial score (nSPS) is 9.67. The van der Waals surface area contributed by atoms with Gasteiger partial charge in [-0.05, 0) is 45.8 Å². The minimum absolute atomic E-state index is 0.284. The molecule has 0 heterocycles. The predicted octanol–water partition coefficient (Wildman–Crippen LogP) is 3.35. The lowest BCUT2D eigenvalue weighted by molar-refractivity contribution is 0.328. The molecule has 2 rings (SSSR count). The molecule has 108 valence electrons. The largest absolute Gasteiger partial charge is 0.493 e. The highest BCUT2D eigenvalue weighted by atomic mass is 79.9. The van der Waals surface area contributed by atoms with E-state index in [-0.39, 0.29) is 6.61 Å². The molecule has 0 bridgehead atoms. The van der Waals surface area contributed by atoms with Crippen LogP contribution in [-0.2, 0) is 6.54 Å². The van der Waals surface area contributed by atoms with Gasteiger partial charge in [0.15, 0.2) is 11.5 Å². The lowest BCUT2D eigenvalue weighted by Gasteiger charge is -2.12. The van der Waals surface area contributed by atoms with E-state index in [1.54, 1.807) is 7.11 Å². The van der Waals surface area contributed by atoms with E-state index in [0.717, 1.165) is 15.6 Å². The molecule has 0 aliphatic rings. The summed E-state index contributed by atoms with van der Waals surface area (Å²) >= 11 is 3.47. The Balaban J connectivity index is 2.08. The van der Waals surface area contributed by atoms with E-state index in [4.69, 9.17) is 15.2 Å². The molecule has 0 spiro atoms. The summed E-state index contributed by atoms with van der Waals surface area (Å²) in [5.41, 5.74) is 7.58. The SMILES string of the molecule is COc1cc(CN)cc(Br)c1OCC#Cc1ccccc1. The monoisotopic (exact) mass is 345 g/mol. The van der Waals surface area contributed by atoms with Gasteiger partial charge in [0.1, 0.15) is 6.61 Å². The van der Waals surface area contributed by atoms with Crippen LogP contribution in [0.1, 0.15) is 11.1 Å². The number of hydrogen-bond donors (Lipinski definition) is 1. The fourth-order valence-corrected chi connectivity index (χ4v) is 2.40. The maximum Gasteiger partial charge on any atom is 0.176 e. The number of nitrogens with two attached hydrogens (primary N) is 1. The van der Waals surface area contributed by atoms with Gasteiger partial charge in [-0.3, -0.25) is 0 Å². The molecule has 0 fully saturated rings. The zero-order valence-electron chi connectivity index (χ0n) is 11.7. The lowest BCUT2D eigenvalue weighted by atomic mass is 10.2. The zero-order chi connectivity index (χ0) is 15.1. The van der Waals surface area contributed by atoms with Gasteiger partial charge in [0.2, 0.25) is 0 Å². The van der Waals surface area contributed by atoms with E-state index in [2.05, 4.69) is 27.8 Å². The number of ether oxygens (including phenoxy) is 2. The van der Waals surface area contributed by atoms with Crippen LogP contribution < -0.4 is 15.2 Å². The molecule has 0 radical (unpaired) electrons. The van der Waals surface area contributed by atoms with E-state index in [0.29, 0.717) is 18.0 Å². The molecule has 2 N–H and O–H groups in total. The van der Waals surface area contributed by atoms with Crippen molar-refractivity contribution in [2.24, 2.45) is 5.73 Å². The third-order valence-corrected chi connectivity index (χ3v) is 3.41. The van der Waals surface area contributed by atoms with Gasteiger partial charge in [-0.15, -0.1) is 0 Å². The molecular weight excluding hydrogens is 330 g/mol. The summed E-state index contributed by atoms with van der Waals surface area (Å²) in [4.78, 5) is 0. The van der Waals surface area contributed by atoms with E-state index < -0.39 is 0 Å². The number of hydrogen-bond acceptors (Lipinski definition) is 3. The molecule has 0 unspecified atom stereocenters. The fraction of sp³-hybridized carbons (Fsp3) is 0.176. The third-order valence-electron chi connectivity index (χ3n) is 2.82. The van der Waals surface area contributed by atoms with Crippen LogP contribution >= 0.6 is 15.9 Å². The van der Waals surface area contributed by atoms with Gasteiger partial charge in [-0.25, -0.2) is 0 Å². The van der Waals surface area contributed by atoms with Crippen molar-refractivity contribution in [3.63, 3.8) is 0 Å². The van der Waals surface area contributed by atoms with Gasteiger partial charge in [-0.1, -0.05) is 30.0 Å². The summed E-state index contributed by atoms with van der Waals surface area (Å²) in [5, 5.41) is 0. The van der Waals surface area contributed by atoms with Crippen molar-refractivity contribution in [1.82, 2.24) is 0 Å². The maximum absolute atomic E-state index is 5.69. The first-order valence-electron chi connectivity index (χ1n) is 6.47. The van der Waals surface area contributed by atoms with Crippen LogP contribution in [0, 0.1) is 11.8 Å². The standard InChI is InChI=1S/C17H16BrNO2/c1-20-16-11-14(12-19)10-15(18)17(16)21-9-5-8-13-6-3-2-4-7-13/h2-4,6-7,10-11H,9,12,19H2,1H3. The average Bonchev–Trinajstić information content (AvgIpc) is 2.53. The fourth-order valence-electron chi connectivity index (χ4n) is 1.80. The minimum Gasteiger partial charge on any atom is -0.493 e. The topological polar surface area (TPSA) is 44.5 Å². The lowest BCUT2D eigenvalue weighted by Crippen LogP contribution is -2.01. The number of halogens is 1. The van der Waals surface area contributed by atoms with Crippen LogP contribution in [-0.4, -0.2) is 13.7 Å². The second kappa shape index (κ2) is 7.72. The van der Waals surface area contributed by atoms with Crippen molar-refractivity contribution in [1.29, 1.82) is 0 Å². The third kappa shape index (κ3) is 4.25. The molecule has 0 aliphatic carbocycles. The summed E-state index contributed by atoms with van der Waals surface area (Å²) in [6.07, 6.45) is 0. The molecule has 2 aromatic carbocycles. The smallest absolute Gasteiger partial charge is 0.176 e. The van der Waals surface area contributed by atoms with Crippen molar-refractivity contribution in [2.45, 2.75) is 6.54 Å². The second-order valence-electron chi connectivity index (χ2n) is 4.27. The van der Waals surface area contributed by atoms with Crippen molar-refractivity contribution in [3.8, 4) is 23.3 Å². The molecule has 21 heavy (non-hydrogen) atoms. The first kappa shape index (κ1) is 15.4. The number of rotatable bonds is 4. The highest BCUT2D eigenvalue weighted by Crippen LogP contribution is 2.36. The summed E-state index contributed by atoms with van der Waals surface area (Å²) in [6, 6.07) is 13.6. The van der Waals surface area contributed by atoms with Gasteiger partial charge in [0, 0.05) is 12.1 Å². The van der Waals surface area contributed by atoms with Crippen molar-refractivity contribution in [2.75, 3.05) is 13.7 Å². The van der Waals surface area contributed by atoms with Crippen LogP contribution in [0.4, 0.5) is 0 Å². The van der Waals surface area contributed by atoms with E-state index >= 15 is 0 Å². The second-order valence-corrected chi connectivity index (χ2v) is 5.12. The molecule has 0 saturated heterocycles. The number of benzene rings is 2. The molecule has 3 nitrogen and oxygen atoms in total. The van der Waals surface area contributed by atoms with Crippen molar-refractivity contribution in [3.05, 3.63) is 58.1 Å². The Labute approximate surface area is 133 Å². The van der Waals surface area contributed by atoms with Crippen LogP contribution in [0.15, 0.2) is 46.9 Å². The molecule has 0 atom stereocenters. The Morgan fingerprint density at radius 3 is 2.62 bits per heavy atom. The molecule has 0 saturated carbocycles. The Kier molecular flexibility index (Phi) is 5.68. The first-order valence-corrected chi connectivity index (χ1v) is 7.27. The molecule has 2 aromatic rings. The Hall–Kier alpha value is -1.96. The highest BCUT2D eigenvalue weighted by Gasteiger charge is 2.10. The minimum atomic E-state index is 0.284. The van der Waals surface area contributed by atoms with Crippen LogP contribution in [0.2, 0.25) is 0 Å². The van der Waals surface area contributed by atoms with E-state index in [1.165, 1.54) is 0 Å². The Morgan fingerprint density at radius 2 is 1.95 bits per heavy atom. The van der Waals surface area contributed by atoms with Gasteiger partial charge in [0.25, 0.3) is 0 Å². The molecule has 4 heteroatoms. The van der Waals surface area contributed by atoms with Gasteiger partial charge in [-0.2, -0.15) is 0 Å². The van der Waals surface area contributed by atoms with Crippen LogP contribution in [0.3, 0.4) is 0 Å². The molecule has 0 aliphatic heterocycles. The Morgan fingerprint density at radius 1 is 1.19 bits per heavy atom. The van der Waals surface area contributed by atoms with Crippen molar-refractivity contribution >= 4 is 15.9 Å². The van der Waals surface area contributed by atoms with Crippen molar-refractivity contribution < 1.29 is 9.47 Å². The van der Waals surface area contributed by atoms with E-state index in [1.807, 2.05) is 42.5 Å². The zero-order valence-corrected chi connectivity index (χ0v) is 13.3. The first-order chi connectivity index (χ1) is 10.2. The maximum atomic E-state index is 5.69. The van der Waals surface area contributed by atoms with E-state index in [9.17, 15) is 0 Å². The Bertz CT molecular complexity index is 660. The van der Waals surface area contributed by atoms with Crippen LogP contribution in [0.25, 0.3) is 0 Å². The summed E-state index contributed by atoms with van der Waals surface area (Å²) in [7, 11) is 1.60.